The summed E-state index contributed by atoms with van der Waals surface area (Å²) >= 11 is 0. The molecule has 2 unspecified atom stereocenters. The number of amides is 1. The lowest BCUT2D eigenvalue weighted by atomic mass is 9.82. The Morgan fingerprint density at radius 1 is 1.23 bits per heavy atom. The van der Waals surface area contributed by atoms with Crippen LogP contribution in [0.25, 0.3) is 0 Å². The van der Waals surface area contributed by atoms with Crippen LogP contribution in [0.5, 0.6) is 6.01 Å². The molecule has 0 radical (unpaired) electrons. The van der Waals surface area contributed by atoms with Gasteiger partial charge >= 0.3 is 6.01 Å². The van der Waals surface area contributed by atoms with Gasteiger partial charge in [-0.3, -0.25) is 9.69 Å². The van der Waals surface area contributed by atoms with Gasteiger partial charge in [-0.05, 0) is 58.3 Å². The number of carbonyl (C=O) groups excluding carboxylic acids is 1. The number of likely N-dealkylation sites (tertiary alicyclic amines) is 1. The van der Waals surface area contributed by atoms with E-state index >= 15 is 0 Å². The van der Waals surface area contributed by atoms with E-state index in [-0.39, 0.29) is 18.4 Å². The maximum atomic E-state index is 12.5. The van der Waals surface area contributed by atoms with E-state index in [1.807, 2.05) is 14.1 Å². The number of allylic oxidation sites excluding steroid dienone is 2. The van der Waals surface area contributed by atoms with Crippen LogP contribution in [0, 0.1) is 17.2 Å². The summed E-state index contributed by atoms with van der Waals surface area (Å²) in [4.78, 5) is 31.1. The zero-order chi connectivity index (χ0) is 27.4. The summed E-state index contributed by atoms with van der Waals surface area (Å²) in [6, 6.07) is 3.39. The molecule has 0 N–H and O–H groups in total. The summed E-state index contributed by atoms with van der Waals surface area (Å²) in [5.41, 5.74) is 2.27. The number of aromatic nitrogens is 2. The molecule has 2 fully saturated rings. The average molecular weight is 532 g/mol. The van der Waals surface area contributed by atoms with Crippen LogP contribution in [-0.4, -0.2) is 102 Å². The van der Waals surface area contributed by atoms with Gasteiger partial charge in [0.25, 0.3) is 0 Å². The Labute approximate surface area is 232 Å². The number of hydrogen-bond acceptors (Lipinski definition) is 8. The normalized spacial score (nSPS) is 26.6. The van der Waals surface area contributed by atoms with Crippen molar-refractivity contribution in [1.82, 2.24) is 24.7 Å². The van der Waals surface area contributed by atoms with E-state index in [9.17, 15) is 10.1 Å². The van der Waals surface area contributed by atoms with Crippen LogP contribution in [0.2, 0.25) is 0 Å². The van der Waals surface area contributed by atoms with Gasteiger partial charge in [-0.15, -0.1) is 0 Å². The molecule has 0 aromatic carbocycles. The molecule has 2 aliphatic carbocycles. The number of piperazine rings is 1. The van der Waals surface area contributed by atoms with Gasteiger partial charge in [-0.2, -0.15) is 15.2 Å². The summed E-state index contributed by atoms with van der Waals surface area (Å²) in [6.07, 6.45) is 16.1. The summed E-state index contributed by atoms with van der Waals surface area (Å²) in [5.74, 6) is 1.38. The van der Waals surface area contributed by atoms with E-state index < -0.39 is 0 Å². The fourth-order valence-corrected chi connectivity index (χ4v) is 6.57. The first-order chi connectivity index (χ1) is 19.0. The van der Waals surface area contributed by atoms with Crippen LogP contribution >= 0.6 is 0 Å². The Kier molecular flexibility index (Phi) is 8.63. The van der Waals surface area contributed by atoms with Gasteiger partial charge in [0.2, 0.25) is 5.91 Å². The van der Waals surface area contributed by atoms with Crippen LogP contribution in [-0.2, 0) is 17.6 Å². The predicted octanol–water partition coefficient (Wildman–Crippen LogP) is 2.60. The molecule has 39 heavy (non-hydrogen) atoms. The van der Waals surface area contributed by atoms with E-state index in [2.05, 4.69) is 51.7 Å². The number of ether oxygens (including phenoxy) is 1. The number of rotatable bonds is 8. The molecule has 3 heterocycles. The van der Waals surface area contributed by atoms with Gasteiger partial charge in [-0.1, -0.05) is 30.9 Å². The molecule has 4 atom stereocenters. The van der Waals surface area contributed by atoms with Crippen molar-refractivity contribution in [2.75, 3.05) is 58.3 Å². The second-order valence-corrected chi connectivity index (χ2v) is 11.3. The lowest BCUT2D eigenvalue weighted by Crippen LogP contribution is -2.55. The molecule has 0 spiro atoms. The van der Waals surface area contributed by atoms with Crippen molar-refractivity contribution in [3.05, 3.63) is 48.2 Å². The number of nitriles is 1. The molecule has 2 saturated heterocycles. The van der Waals surface area contributed by atoms with E-state index in [4.69, 9.17) is 14.7 Å². The number of nitrogens with zero attached hydrogens (tertiary/aromatic N) is 7. The fraction of sp³-hybridized carbons (Fsp3) is 0.600. The Bertz CT molecular complexity index is 1160. The first kappa shape index (κ1) is 27.4. The molecule has 5 rings (SSSR count). The summed E-state index contributed by atoms with van der Waals surface area (Å²) in [7, 11) is 4.04. The van der Waals surface area contributed by atoms with Crippen LogP contribution in [0.1, 0.15) is 36.9 Å². The van der Waals surface area contributed by atoms with E-state index in [0.29, 0.717) is 50.3 Å². The molecule has 0 saturated carbocycles. The predicted molar refractivity (Wildman–Crippen MR) is 152 cm³/mol. The second kappa shape index (κ2) is 12.3. The summed E-state index contributed by atoms with van der Waals surface area (Å²) in [6.45, 7) is 7.81. The minimum absolute atomic E-state index is 0.124. The number of likely N-dealkylation sites (N-methyl/N-ethyl adjacent to an activating group) is 1. The molecule has 1 aromatic rings. The van der Waals surface area contributed by atoms with Crippen molar-refractivity contribution >= 4 is 11.7 Å². The highest BCUT2D eigenvalue weighted by Crippen LogP contribution is 2.37. The zero-order valence-electron chi connectivity index (χ0n) is 23.3. The number of anilines is 1. The minimum atomic E-state index is -0.203. The highest BCUT2D eigenvalue weighted by molar-refractivity contribution is 5.87. The maximum absolute atomic E-state index is 12.5. The number of piperidine rings is 1. The molecule has 0 bridgehead atoms. The Balaban J connectivity index is 1.41. The first-order valence-corrected chi connectivity index (χ1v) is 14.3. The highest BCUT2D eigenvalue weighted by Gasteiger charge is 2.38. The quantitative estimate of drug-likeness (QED) is 0.473. The van der Waals surface area contributed by atoms with E-state index in [0.717, 1.165) is 43.9 Å². The molecule has 208 valence electrons. The molecular weight excluding hydrogens is 490 g/mol. The molecular formula is C30H41N7O2. The lowest BCUT2D eigenvalue weighted by Gasteiger charge is -2.46. The number of hydrogen-bond donors (Lipinski definition) is 0. The van der Waals surface area contributed by atoms with Crippen molar-refractivity contribution in [1.29, 1.82) is 5.26 Å². The standard InChI is InChI=1S/C30H41N7O2/c1-4-28(38)37-17-16-35(21-24(37)13-14-31)29-25-12-11-23(36-15-7-9-22-8-5-6-10-27(22)36)20-26(25)32-30(33-29)39-19-18-34(2)3/h4-6,8,10,22-24,27H,1,7,9,11-13,15-21H2,2-3H3/t22?,23-,24-,27?/m0/s1. The van der Waals surface area contributed by atoms with Crippen LogP contribution in [0.4, 0.5) is 5.82 Å². The Morgan fingerprint density at radius 3 is 2.87 bits per heavy atom. The lowest BCUT2D eigenvalue weighted by molar-refractivity contribution is -0.128. The Morgan fingerprint density at radius 2 is 2.08 bits per heavy atom. The van der Waals surface area contributed by atoms with Gasteiger partial charge in [0.15, 0.2) is 0 Å². The molecule has 9 nitrogen and oxygen atoms in total. The summed E-state index contributed by atoms with van der Waals surface area (Å²) < 4.78 is 6.08. The highest BCUT2D eigenvalue weighted by atomic mass is 16.5. The van der Waals surface area contributed by atoms with Crippen LogP contribution in [0.15, 0.2) is 37.0 Å². The zero-order valence-corrected chi connectivity index (χ0v) is 23.3. The average Bonchev–Trinajstić information content (AvgIpc) is 2.95. The largest absolute Gasteiger partial charge is 0.462 e. The van der Waals surface area contributed by atoms with E-state index in [1.165, 1.54) is 24.5 Å². The monoisotopic (exact) mass is 531 g/mol. The van der Waals surface area contributed by atoms with Gasteiger partial charge in [-0.25, -0.2) is 0 Å². The first-order valence-electron chi connectivity index (χ1n) is 14.3. The van der Waals surface area contributed by atoms with Crippen molar-refractivity contribution in [3.8, 4) is 12.1 Å². The van der Waals surface area contributed by atoms with Crippen LogP contribution in [0.3, 0.4) is 0 Å². The van der Waals surface area contributed by atoms with Crippen molar-refractivity contribution in [2.45, 2.75) is 56.7 Å². The number of fused-ring (bicyclic) bond motifs is 2. The van der Waals surface area contributed by atoms with Gasteiger partial charge in [0.1, 0.15) is 12.4 Å². The van der Waals surface area contributed by atoms with Crippen molar-refractivity contribution in [3.63, 3.8) is 0 Å². The third-order valence-corrected chi connectivity index (χ3v) is 8.57. The van der Waals surface area contributed by atoms with Gasteiger partial charge in [0, 0.05) is 50.2 Å². The van der Waals surface area contributed by atoms with Crippen molar-refractivity contribution in [2.24, 2.45) is 5.92 Å². The third-order valence-electron chi connectivity index (χ3n) is 8.57. The minimum Gasteiger partial charge on any atom is -0.462 e. The third kappa shape index (κ3) is 6.02. The SMILES string of the molecule is C=CC(=O)N1CCN(c2nc(OCCN(C)C)nc3c2CC[C@H](N2CCCC4C=CC=CC42)C3)C[C@@H]1CC#N. The summed E-state index contributed by atoms with van der Waals surface area (Å²) in [5, 5.41) is 9.47. The molecule has 4 aliphatic rings. The second-order valence-electron chi connectivity index (χ2n) is 11.3. The topological polar surface area (TPSA) is 88.8 Å². The van der Waals surface area contributed by atoms with Gasteiger partial charge < -0.3 is 19.4 Å². The Hall–Kier alpha value is -3.22. The van der Waals surface area contributed by atoms with E-state index in [1.54, 1.807) is 4.90 Å². The van der Waals surface area contributed by atoms with Crippen LogP contribution < -0.4 is 9.64 Å². The smallest absolute Gasteiger partial charge is 0.318 e. The fourth-order valence-electron chi connectivity index (χ4n) is 6.57. The molecule has 9 heteroatoms. The van der Waals surface area contributed by atoms with Gasteiger partial charge in [0.05, 0.1) is 24.2 Å². The maximum Gasteiger partial charge on any atom is 0.318 e. The molecule has 1 aromatic heterocycles. The molecule has 1 amide bonds. The number of carbonyl (C=O) groups is 1. The van der Waals surface area contributed by atoms with Crippen molar-refractivity contribution < 1.29 is 9.53 Å². The molecule has 2 aliphatic heterocycles.